The van der Waals surface area contributed by atoms with Gasteiger partial charge in [-0.3, -0.25) is 0 Å². The maximum Gasteiger partial charge on any atom is 0.175 e. The van der Waals surface area contributed by atoms with Gasteiger partial charge in [-0.25, -0.2) is 0 Å². The van der Waals surface area contributed by atoms with Gasteiger partial charge in [-0.1, -0.05) is 13.3 Å². The number of ether oxygens (including phenoxy) is 2. The highest BCUT2D eigenvalue weighted by Crippen LogP contribution is 2.41. The van der Waals surface area contributed by atoms with Gasteiger partial charge in [0.05, 0.1) is 10.6 Å². The molecule has 5 heteroatoms. The molecule has 3 rings (SSSR count). The van der Waals surface area contributed by atoms with Crippen molar-refractivity contribution in [2.75, 3.05) is 19.8 Å². The molecule has 21 heavy (non-hydrogen) atoms. The Morgan fingerprint density at radius 1 is 1.38 bits per heavy atom. The summed E-state index contributed by atoms with van der Waals surface area (Å²) in [5, 5.41) is 14.1. The number of piperidine rings is 1. The molecule has 2 heterocycles. The predicted molar refractivity (Wildman–Crippen MR) is 84.9 cm³/mol. The summed E-state index contributed by atoms with van der Waals surface area (Å²) in [5.41, 5.74) is 0.875. The van der Waals surface area contributed by atoms with Crippen molar-refractivity contribution in [3.05, 3.63) is 22.2 Å². The van der Waals surface area contributed by atoms with Gasteiger partial charge in [0.25, 0.3) is 0 Å². The minimum atomic E-state index is -0.522. The first-order chi connectivity index (χ1) is 10.2. The van der Waals surface area contributed by atoms with Crippen LogP contribution in [0.3, 0.4) is 0 Å². The van der Waals surface area contributed by atoms with E-state index in [0.29, 0.717) is 24.9 Å². The van der Waals surface area contributed by atoms with Gasteiger partial charge >= 0.3 is 0 Å². The smallest absolute Gasteiger partial charge is 0.175 e. The number of halogens is 1. The van der Waals surface area contributed by atoms with Crippen molar-refractivity contribution in [3.8, 4) is 11.5 Å². The molecule has 1 aromatic rings. The SMILES string of the molecule is CCC1CCNC(C(O)c2cc(Br)c3c(c2)OCCO3)C1. The number of aliphatic hydroxyl groups excluding tert-OH is 1. The maximum atomic E-state index is 10.7. The van der Waals surface area contributed by atoms with Crippen LogP contribution in [0.5, 0.6) is 11.5 Å². The Kier molecular flexibility index (Phi) is 4.72. The van der Waals surface area contributed by atoms with Crippen LogP contribution in [0.4, 0.5) is 0 Å². The molecule has 0 amide bonds. The third kappa shape index (κ3) is 3.20. The van der Waals surface area contributed by atoms with Gasteiger partial charge in [0.2, 0.25) is 0 Å². The van der Waals surface area contributed by atoms with Crippen molar-refractivity contribution in [3.63, 3.8) is 0 Å². The number of rotatable bonds is 3. The molecule has 0 aromatic heterocycles. The summed E-state index contributed by atoms with van der Waals surface area (Å²) in [6.45, 7) is 4.32. The van der Waals surface area contributed by atoms with E-state index in [0.717, 1.165) is 28.8 Å². The van der Waals surface area contributed by atoms with Gasteiger partial charge in [-0.2, -0.15) is 0 Å². The molecule has 116 valence electrons. The van der Waals surface area contributed by atoms with E-state index in [9.17, 15) is 5.11 Å². The van der Waals surface area contributed by atoms with E-state index in [1.807, 2.05) is 12.1 Å². The Labute approximate surface area is 134 Å². The average molecular weight is 356 g/mol. The topological polar surface area (TPSA) is 50.7 Å². The normalized spacial score (nSPS) is 26.4. The first kappa shape index (κ1) is 15.1. The molecule has 1 fully saturated rings. The van der Waals surface area contributed by atoms with Crippen LogP contribution < -0.4 is 14.8 Å². The highest BCUT2D eigenvalue weighted by atomic mass is 79.9. The van der Waals surface area contributed by atoms with E-state index in [-0.39, 0.29) is 6.04 Å². The van der Waals surface area contributed by atoms with Gasteiger partial charge in [0, 0.05) is 6.04 Å². The zero-order chi connectivity index (χ0) is 14.8. The summed E-state index contributed by atoms with van der Waals surface area (Å²) in [6, 6.07) is 3.95. The molecule has 3 atom stereocenters. The van der Waals surface area contributed by atoms with E-state index in [2.05, 4.69) is 28.2 Å². The first-order valence-corrected chi connectivity index (χ1v) is 8.48. The minimum Gasteiger partial charge on any atom is -0.486 e. The highest BCUT2D eigenvalue weighted by Gasteiger charge is 2.28. The van der Waals surface area contributed by atoms with Crippen molar-refractivity contribution in [2.24, 2.45) is 5.92 Å². The summed E-state index contributed by atoms with van der Waals surface area (Å²) in [5.74, 6) is 2.15. The molecular weight excluding hydrogens is 334 g/mol. The standard InChI is InChI=1S/C16H22BrNO3/c1-2-10-3-4-18-13(7-10)15(19)11-8-12(17)16-14(9-11)20-5-6-21-16/h8-10,13,15,18-19H,2-7H2,1H3. The van der Waals surface area contributed by atoms with Gasteiger partial charge in [-0.05, 0) is 58.9 Å². The van der Waals surface area contributed by atoms with Gasteiger partial charge in [0.1, 0.15) is 13.2 Å². The van der Waals surface area contributed by atoms with E-state index in [4.69, 9.17) is 9.47 Å². The van der Waals surface area contributed by atoms with Crippen LogP contribution >= 0.6 is 15.9 Å². The number of aliphatic hydroxyl groups is 1. The molecule has 0 radical (unpaired) electrons. The van der Waals surface area contributed by atoms with E-state index in [1.165, 1.54) is 12.8 Å². The monoisotopic (exact) mass is 355 g/mol. The molecular formula is C16H22BrNO3. The van der Waals surface area contributed by atoms with Crippen LogP contribution in [0.25, 0.3) is 0 Å². The van der Waals surface area contributed by atoms with Crippen LogP contribution in [0.2, 0.25) is 0 Å². The second-order valence-corrected chi connectivity index (χ2v) is 6.69. The third-order valence-corrected chi connectivity index (χ3v) is 5.05. The molecule has 1 aromatic carbocycles. The van der Waals surface area contributed by atoms with Gasteiger partial charge in [-0.15, -0.1) is 0 Å². The molecule has 2 aliphatic rings. The van der Waals surface area contributed by atoms with Crippen LogP contribution in [0.1, 0.15) is 37.9 Å². The van der Waals surface area contributed by atoms with Crippen molar-refractivity contribution in [2.45, 2.75) is 38.3 Å². The summed E-state index contributed by atoms with van der Waals surface area (Å²) < 4.78 is 12.1. The summed E-state index contributed by atoms with van der Waals surface area (Å²) in [6.07, 6.45) is 2.87. The van der Waals surface area contributed by atoms with E-state index < -0.39 is 6.10 Å². The average Bonchev–Trinajstić information content (AvgIpc) is 2.54. The zero-order valence-corrected chi connectivity index (χ0v) is 13.9. The fourth-order valence-corrected chi connectivity index (χ4v) is 3.75. The summed E-state index contributed by atoms with van der Waals surface area (Å²) >= 11 is 3.51. The predicted octanol–water partition coefficient (Wildman–Crippen LogP) is 3.03. The van der Waals surface area contributed by atoms with Crippen LogP contribution in [-0.4, -0.2) is 30.9 Å². The molecule has 0 bridgehead atoms. The number of hydrogen-bond donors (Lipinski definition) is 2. The molecule has 2 aliphatic heterocycles. The highest BCUT2D eigenvalue weighted by molar-refractivity contribution is 9.10. The van der Waals surface area contributed by atoms with Crippen molar-refractivity contribution >= 4 is 15.9 Å². The molecule has 3 unspecified atom stereocenters. The Balaban J connectivity index is 1.81. The third-order valence-electron chi connectivity index (χ3n) is 4.47. The molecule has 0 aliphatic carbocycles. The first-order valence-electron chi connectivity index (χ1n) is 7.69. The van der Waals surface area contributed by atoms with Gasteiger partial charge in [0.15, 0.2) is 11.5 Å². The van der Waals surface area contributed by atoms with Crippen molar-refractivity contribution in [1.29, 1.82) is 0 Å². The quantitative estimate of drug-likeness (QED) is 0.874. The number of benzene rings is 1. The molecule has 0 spiro atoms. The lowest BCUT2D eigenvalue weighted by molar-refractivity contribution is 0.0969. The maximum absolute atomic E-state index is 10.7. The fourth-order valence-electron chi connectivity index (χ4n) is 3.18. The van der Waals surface area contributed by atoms with Crippen LogP contribution in [0, 0.1) is 5.92 Å². The molecule has 0 saturated carbocycles. The van der Waals surface area contributed by atoms with Crippen molar-refractivity contribution in [1.82, 2.24) is 5.32 Å². The Bertz CT molecular complexity index is 509. The molecule has 2 N–H and O–H groups in total. The number of fused-ring (bicyclic) bond motifs is 1. The summed E-state index contributed by atoms with van der Waals surface area (Å²) in [7, 11) is 0. The summed E-state index contributed by atoms with van der Waals surface area (Å²) in [4.78, 5) is 0. The second-order valence-electron chi connectivity index (χ2n) is 5.83. The second kappa shape index (κ2) is 6.55. The molecule has 1 saturated heterocycles. The van der Waals surface area contributed by atoms with Crippen molar-refractivity contribution < 1.29 is 14.6 Å². The lowest BCUT2D eigenvalue weighted by atomic mass is 9.86. The minimum absolute atomic E-state index is 0.109. The Morgan fingerprint density at radius 2 is 2.19 bits per heavy atom. The fraction of sp³-hybridized carbons (Fsp3) is 0.625. The lowest BCUT2D eigenvalue weighted by Crippen LogP contribution is -2.42. The largest absolute Gasteiger partial charge is 0.486 e. The number of hydrogen-bond acceptors (Lipinski definition) is 4. The van der Waals surface area contributed by atoms with Gasteiger partial charge < -0.3 is 19.9 Å². The van der Waals surface area contributed by atoms with Crippen LogP contribution in [0.15, 0.2) is 16.6 Å². The zero-order valence-electron chi connectivity index (χ0n) is 12.3. The number of nitrogens with one attached hydrogen (secondary N) is 1. The molecule has 4 nitrogen and oxygen atoms in total. The van der Waals surface area contributed by atoms with E-state index in [1.54, 1.807) is 0 Å². The Morgan fingerprint density at radius 3 is 3.00 bits per heavy atom. The van der Waals surface area contributed by atoms with E-state index >= 15 is 0 Å². The lowest BCUT2D eigenvalue weighted by Gasteiger charge is -2.33. The Hall–Kier alpha value is -0.780. The van der Waals surface area contributed by atoms with Crippen LogP contribution in [-0.2, 0) is 0 Å².